The maximum Gasteiger partial charge on any atom is 0.349 e. The summed E-state index contributed by atoms with van der Waals surface area (Å²) in [5.74, 6) is -0.0811. The Kier molecular flexibility index (Phi) is 11.5. The minimum absolute atomic E-state index is 0.186. The van der Waals surface area contributed by atoms with Gasteiger partial charge < -0.3 is 19.2 Å². The van der Waals surface area contributed by atoms with E-state index in [1.807, 2.05) is 13.0 Å². The number of aromatic nitrogens is 2. The summed E-state index contributed by atoms with van der Waals surface area (Å²) in [5, 5.41) is 2.72. The third-order valence-corrected chi connectivity index (χ3v) is 7.37. The van der Waals surface area contributed by atoms with Crippen LogP contribution in [-0.4, -0.2) is 51.5 Å². The molecule has 1 N–H and O–H groups in total. The summed E-state index contributed by atoms with van der Waals surface area (Å²) in [6.45, 7) is 20.0. The molecule has 0 spiro atoms. The van der Waals surface area contributed by atoms with Gasteiger partial charge in [-0.05, 0) is 53.2 Å². The first-order valence-corrected chi connectivity index (χ1v) is 13.0. The molecule has 35 heavy (non-hydrogen) atoms. The molecule has 2 aromatic rings. The minimum Gasteiger partial charge on any atom is -0.317 e. The van der Waals surface area contributed by atoms with Crippen LogP contribution in [0.3, 0.4) is 0 Å². The predicted octanol–water partition coefficient (Wildman–Crippen LogP) is 4.88. The van der Waals surface area contributed by atoms with Gasteiger partial charge in [0, 0.05) is 29.4 Å². The molecule has 1 heterocycles. The molecule has 1 unspecified atom stereocenters. The molecule has 10 heteroatoms. The van der Waals surface area contributed by atoms with Crippen LogP contribution in [0, 0.1) is 13.5 Å². The van der Waals surface area contributed by atoms with E-state index in [1.165, 1.54) is 4.57 Å². The number of aryl methyl sites for hydroxylation is 1. The van der Waals surface area contributed by atoms with Gasteiger partial charge in [0.2, 0.25) is 6.54 Å². The summed E-state index contributed by atoms with van der Waals surface area (Å²) >= 11 is 0. The van der Waals surface area contributed by atoms with Crippen LogP contribution in [0.15, 0.2) is 41.3 Å². The Balaban J connectivity index is 2.19. The normalized spacial score (nSPS) is 13.1. The van der Waals surface area contributed by atoms with Crippen molar-refractivity contribution < 1.29 is 13.8 Å². The van der Waals surface area contributed by atoms with Gasteiger partial charge in [0.25, 0.3) is 14.4 Å². The molecule has 0 fully saturated rings. The molecule has 190 valence electrons. The molecule has 9 nitrogen and oxygen atoms in total. The van der Waals surface area contributed by atoms with Gasteiger partial charge >= 0.3 is 5.69 Å². The average molecular weight is 502 g/mol. The van der Waals surface area contributed by atoms with Crippen molar-refractivity contribution in [1.29, 1.82) is 0 Å². The van der Waals surface area contributed by atoms with Crippen LogP contribution in [0.1, 0.15) is 57.0 Å². The minimum atomic E-state index is -1.42. The van der Waals surface area contributed by atoms with Gasteiger partial charge in [-0.25, -0.2) is 16.0 Å². The highest BCUT2D eigenvalue weighted by atomic mass is 31.2. The van der Waals surface area contributed by atoms with Crippen LogP contribution < -0.4 is 11.0 Å². The zero-order valence-electron chi connectivity index (χ0n) is 21.4. The molecule has 2 atom stereocenters. The van der Waals surface area contributed by atoms with Gasteiger partial charge in [-0.15, -0.1) is 0 Å². The standard InChI is InChI=1S/C25H36N5O4P/c1-8-22(34-35(33-15-14-26-7)30(18(2)3)19(4)5)17-29-16-20(6)23(28-25(29)32)27-24(31)21-12-10-9-11-13-21/h9-13,16,18-19,22H,8,14-15,17H2,1-6H3,(H,27,28,31,32)/t22-,35?/m1/s1. The fourth-order valence-electron chi connectivity index (χ4n) is 3.50. The number of rotatable bonds is 13. The Hall–Kier alpha value is -2.63. The van der Waals surface area contributed by atoms with Crippen LogP contribution in [0.4, 0.5) is 5.82 Å². The maximum atomic E-state index is 12.8. The summed E-state index contributed by atoms with van der Waals surface area (Å²) in [4.78, 5) is 32.7. The van der Waals surface area contributed by atoms with Crippen molar-refractivity contribution in [3.05, 3.63) is 69.6 Å². The Morgan fingerprint density at radius 3 is 2.46 bits per heavy atom. The fraction of sp³-hybridized carbons (Fsp3) is 0.520. The smallest absolute Gasteiger partial charge is 0.317 e. The molecule has 0 saturated carbocycles. The molecule has 0 aliphatic rings. The molecule has 1 aromatic carbocycles. The van der Waals surface area contributed by atoms with Crippen molar-refractivity contribution >= 4 is 20.3 Å². The van der Waals surface area contributed by atoms with Crippen LogP contribution in [-0.2, 0) is 15.6 Å². The second-order valence-corrected chi connectivity index (χ2v) is 10.1. The molecule has 0 saturated heterocycles. The largest absolute Gasteiger partial charge is 0.349 e. The van der Waals surface area contributed by atoms with Gasteiger partial charge in [0.05, 0.1) is 12.6 Å². The van der Waals surface area contributed by atoms with Crippen molar-refractivity contribution in [2.45, 2.75) is 72.7 Å². The Labute approximate surface area is 209 Å². The number of benzene rings is 1. The van der Waals surface area contributed by atoms with Crippen molar-refractivity contribution in [2.75, 3.05) is 18.5 Å². The lowest BCUT2D eigenvalue weighted by Crippen LogP contribution is -2.36. The van der Waals surface area contributed by atoms with Gasteiger partial charge in [-0.1, -0.05) is 25.1 Å². The molecule has 0 aliphatic carbocycles. The van der Waals surface area contributed by atoms with Crippen LogP contribution in [0.2, 0.25) is 0 Å². The molecule has 1 aromatic heterocycles. The second kappa shape index (κ2) is 14.1. The van der Waals surface area contributed by atoms with E-state index in [2.05, 4.69) is 47.5 Å². The van der Waals surface area contributed by atoms with Crippen LogP contribution in [0.5, 0.6) is 0 Å². The van der Waals surface area contributed by atoms with E-state index in [0.717, 1.165) is 0 Å². The lowest BCUT2D eigenvalue weighted by atomic mass is 10.2. The average Bonchev–Trinajstić information content (AvgIpc) is 2.81. The first-order chi connectivity index (χ1) is 16.7. The summed E-state index contributed by atoms with van der Waals surface area (Å²) in [7, 11) is -1.42. The molecule has 0 radical (unpaired) electrons. The topological polar surface area (TPSA) is 90.0 Å². The number of nitrogens with zero attached hydrogens (tertiary/aromatic N) is 4. The van der Waals surface area contributed by atoms with E-state index in [0.29, 0.717) is 24.1 Å². The number of anilines is 1. The fourth-order valence-corrected chi connectivity index (χ4v) is 5.26. The maximum absolute atomic E-state index is 12.8. The Morgan fingerprint density at radius 1 is 1.23 bits per heavy atom. The van der Waals surface area contributed by atoms with E-state index in [4.69, 9.17) is 15.6 Å². The van der Waals surface area contributed by atoms with E-state index >= 15 is 0 Å². The first kappa shape index (κ1) is 28.6. The monoisotopic (exact) mass is 501 g/mol. The van der Waals surface area contributed by atoms with E-state index in [-0.39, 0.29) is 43.1 Å². The molecular weight excluding hydrogens is 465 g/mol. The summed E-state index contributed by atoms with van der Waals surface area (Å²) in [5.41, 5.74) is 0.692. The SMILES string of the molecule is [C-]#[N+]CCOP(O[C@H](CC)Cn1cc(C)c(NC(=O)c2ccccc2)nc1=O)N(C(C)C)C(C)C. The molecule has 1 amide bonds. The number of hydrogen-bond donors (Lipinski definition) is 1. The van der Waals surface area contributed by atoms with Crippen molar-refractivity contribution in [2.24, 2.45) is 0 Å². The Morgan fingerprint density at radius 2 is 1.89 bits per heavy atom. The number of nitrogens with one attached hydrogen (secondary N) is 1. The van der Waals surface area contributed by atoms with Crippen molar-refractivity contribution in [3.8, 4) is 0 Å². The first-order valence-electron chi connectivity index (χ1n) is 11.8. The number of amides is 1. The van der Waals surface area contributed by atoms with E-state index in [9.17, 15) is 9.59 Å². The highest BCUT2D eigenvalue weighted by Crippen LogP contribution is 2.47. The van der Waals surface area contributed by atoms with Crippen molar-refractivity contribution in [1.82, 2.24) is 14.2 Å². The predicted molar refractivity (Wildman–Crippen MR) is 139 cm³/mol. The summed E-state index contributed by atoms with van der Waals surface area (Å²) in [6, 6.07) is 9.15. The van der Waals surface area contributed by atoms with Crippen LogP contribution in [0.25, 0.3) is 4.85 Å². The number of carbonyl (C=O) groups is 1. The van der Waals surface area contributed by atoms with Gasteiger partial charge in [0.15, 0.2) is 0 Å². The molecule has 0 bridgehead atoms. The third kappa shape index (κ3) is 8.52. The van der Waals surface area contributed by atoms with Gasteiger partial charge in [-0.3, -0.25) is 9.36 Å². The lowest BCUT2D eigenvalue weighted by Gasteiger charge is -2.37. The highest BCUT2D eigenvalue weighted by Gasteiger charge is 2.30. The zero-order valence-corrected chi connectivity index (χ0v) is 22.3. The highest BCUT2D eigenvalue weighted by molar-refractivity contribution is 7.44. The third-order valence-electron chi connectivity index (χ3n) is 5.19. The molecule has 0 aliphatic heterocycles. The van der Waals surface area contributed by atoms with Gasteiger partial charge in [-0.2, -0.15) is 4.98 Å². The van der Waals surface area contributed by atoms with E-state index in [1.54, 1.807) is 37.4 Å². The second-order valence-electron chi connectivity index (χ2n) is 8.68. The summed E-state index contributed by atoms with van der Waals surface area (Å²) in [6.07, 6.45) is 2.05. The van der Waals surface area contributed by atoms with Gasteiger partial charge in [0.1, 0.15) is 12.4 Å². The molecular formula is C25H36N5O4P. The summed E-state index contributed by atoms with van der Waals surface area (Å²) < 4.78 is 16.1. The van der Waals surface area contributed by atoms with E-state index < -0.39 is 14.2 Å². The molecule has 2 rings (SSSR count). The zero-order chi connectivity index (χ0) is 26.0. The van der Waals surface area contributed by atoms with Crippen LogP contribution >= 0.6 is 8.53 Å². The number of hydrogen-bond acceptors (Lipinski definition) is 6. The quantitative estimate of drug-likeness (QED) is 0.239. The number of carbonyl (C=O) groups excluding carboxylic acids is 1. The van der Waals surface area contributed by atoms with Crippen molar-refractivity contribution in [3.63, 3.8) is 0 Å². The lowest BCUT2D eigenvalue weighted by molar-refractivity contribution is 0.102. The Bertz CT molecular complexity index is 1040.